The Labute approximate surface area is 170 Å². The highest BCUT2D eigenvalue weighted by atomic mass is 35.5. The van der Waals surface area contributed by atoms with Crippen molar-refractivity contribution in [1.82, 2.24) is 0 Å². The van der Waals surface area contributed by atoms with Crippen LogP contribution in [0.15, 0.2) is 60.7 Å². The molecule has 4 nitrogen and oxygen atoms in total. The number of hydrogen-bond donors (Lipinski definition) is 1. The molecule has 28 heavy (non-hydrogen) atoms. The lowest BCUT2D eigenvalue weighted by Gasteiger charge is -2.13. The van der Waals surface area contributed by atoms with Gasteiger partial charge in [0.25, 0.3) is 5.91 Å². The van der Waals surface area contributed by atoms with Gasteiger partial charge < -0.3 is 14.8 Å². The Bertz CT molecular complexity index is 966. The van der Waals surface area contributed by atoms with Gasteiger partial charge >= 0.3 is 0 Å². The molecule has 0 saturated heterocycles. The van der Waals surface area contributed by atoms with Gasteiger partial charge in [-0.2, -0.15) is 0 Å². The fraction of sp³-hybridized carbons (Fsp3) is 0.174. The summed E-state index contributed by atoms with van der Waals surface area (Å²) in [5, 5.41) is 3.38. The van der Waals surface area contributed by atoms with Crippen molar-refractivity contribution in [3.8, 4) is 22.6 Å². The number of hydrogen-bond acceptors (Lipinski definition) is 3. The highest BCUT2D eigenvalue weighted by Crippen LogP contribution is 2.31. The van der Waals surface area contributed by atoms with Crippen molar-refractivity contribution in [2.24, 2.45) is 0 Å². The Balaban J connectivity index is 1.60. The quantitative estimate of drug-likeness (QED) is 0.586. The van der Waals surface area contributed by atoms with Crippen LogP contribution in [0.2, 0.25) is 5.02 Å². The maximum absolute atomic E-state index is 12.2. The standard InChI is InChI=1S/C23H22ClNO3/c1-15-4-6-17(7-5-15)18-8-10-19(11-9-18)28-14-23(26)25-21-12-16(2)20(24)13-22(21)27-3/h4-13H,14H2,1-3H3,(H,25,26). The van der Waals surface area contributed by atoms with Gasteiger partial charge in [-0.1, -0.05) is 53.6 Å². The van der Waals surface area contributed by atoms with Crippen LogP contribution in [0.3, 0.4) is 0 Å². The van der Waals surface area contributed by atoms with Crippen molar-refractivity contribution in [1.29, 1.82) is 0 Å². The van der Waals surface area contributed by atoms with E-state index in [1.807, 2.05) is 31.2 Å². The second-order valence-corrected chi connectivity index (χ2v) is 6.94. The second-order valence-electron chi connectivity index (χ2n) is 6.53. The molecule has 0 atom stereocenters. The first-order chi connectivity index (χ1) is 13.5. The average Bonchev–Trinajstić information content (AvgIpc) is 2.70. The van der Waals surface area contributed by atoms with Crippen LogP contribution in [0.5, 0.6) is 11.5 Å². The molecule has 0 aliphatic rings. The van der Waals surface area contributed by atoms with E-state index in [4.69, 9.17) is 21.1 Å². The first-order valence-corrected chi connectivity index (χ1v) is 9.28. The van der Waals surface area contributed by atoms with Gasteiger partial charge in [-0.3, -0.25) is 4.79 Å². The monoisotopic (exact) mass is 395 g/mol. The topological polar surface area (TPSA) is 47.6 Å². The number of methoxy groups -OCH3 is 1. The summed E-state index contributed by atoms with van der Waals surface area (Å²) in [4.78, 5) is 12.2. The fourth-order valence-electron chi connectivity index (χ4n) is 2.75. The van der Waals surface area contributed by atoms with Crippen molar-refractivity contribution < 1.29 is 14.3 Å². The summed E-state index contributed by atoms with van der Waals surface area (Å²) in [6.07, 6.45) is 0. The molecule has 0 aliphatic heterocycles. The van der Waals surface area contributed by atoms with E-state index in [1.54, 1.807) is 12.1 Å². The summed E-state index contributed by atoms with van der Waals surface area (Å²) in [6, 6.07) is 19.4. The van der Waals surface area contributed by atoms with E-state index < -0.39 is 0 Å². The Morgan fingerprint density at radius 3 is 2.18 bits per heavy atom. The summed E-state index contributed by atoms with van der Waals surface area (Å²) < 4.78 is 10.9. The lowest BCUT2D eigenvalue weighted by molar-refractivity contribution is -0.118. The minimum absolute atomic E-state index is 0.102. The first kappa shape index (κ1) is 19.8. The molecular formula is C23H22ClNO3. The number of amides is 1. The van der Waals surface area contributed by atoms with Gasteiger partial charge in [-0.25, -0.2) is 0 Å². The van der Waals surface area contributed by atoms with Gasteiger partial charge in [0, 0.05) is 11.1 Å². The molecule has 144 valence electrons. The predicted molar refractivity (Wildman–Crippen MR) is 113 cm³/mol. The van der Waals surface area contributed by atoms with Crippen LogP contribution in [-0.2, 0) is 4.79 Å². The summed E-state index contributed by atoms with van der Waals surface area (Å²) >= 11 is 6.09. The zero-order valence-corrected chi connectivity index (χ0v) is 16.8. The fourth-order valence-corrected chi connectivity index (χ4v) is 2.91. The van der Waals surface area contributed by atoms with E-state index in [2.05, 4.69) is 36.5 Å². The molecule has 0 saturated carbocycles. The Morgan fingerprint density at radius 1 is 0.964 bits per heavy atom. The number of aryl methyl sites for hydroxylation is 2. The molecule has 0 heterocycles. The smallest absolute Gasteiger partial charge is 0.262 e. The molecule has 0 unspecified atom stereocenters. The number of nitrogens with one attached hydrogen (secondary N) is 1. The van der Waals surface area contributed by atoms with Gasteiger partial charge in [-0.15, -0.1) is 0 Å². The summed E-state index contributed by atoms with van der Waals surface area (Å²) in [6.45, 7) is 3.82. The number of halogens is 1. The molecule has 5 heteroatoms. The molecule has 3 rings (SSSR count). The van der Waals surface area contributed by atoms with E-state index in [-0.39, 0.29) is 12.5 Å². The number of rotatable bonds is 6. The van der Waals surface area contributed by atoms with Crippen molar-refractivity contribution in [2.45, 2.75) is 13.8 Å². The van der Waals surface area contributed by atoms with Crippen molar-refractivity contribution in [2.75, 3.05) is 19.0 Å². The first-order valence-electron chi connectivity index (χ1n) is 8.90. The summed E-state index contributed by atoms with van der Waals surface area (Å²) in [5.41, 5.74) is 4.87. The van der Waals surface area contributed by atoms with Crippen molar-refractivity contribution >= 4 is 23.2 Å². The maximum atomic E-state index is 12.2. The van der Waals surface area contributed by atoms with Gasteiger partial charge in [0.1, 0.15) is 11.5 Å². The maximum Gasteiger partial charge on any atom is 0.262 e. The zero-order valence-electron chi connectivity index (χ0n) is 16.1. The Morgan fingerprint density at radius 2 is 1.57 bits per heavy atom. The van der Waals surface area contributed by atoms with Crippen LogP contribution in [0, 0.1) is 13.8 Å². The largest absolute Gasteiger partial charge is 0.495 e. The molecule has 1 amide bonds. The van der Waals surface area contributed by atoms with Crippen molar-refractivity contribution in [3.05, 3.63) is 76.8 Å². The molecule has 0 radical (unpaired) electrons. The third kappa shape index (κ3) is 4.84. The highest BCUT2D eigenvalue weighted by molar-refractivity contribution is 6.31. The lowest BCUT2D eigenvalue weighted by Crippen LogP contribution is -2.20. The van der Waals surface area contributed by atoms with E-state index in [9.17, 15) is 4.79 Å². The number of carbonyl (C=O) groups excluding carboxylic acids is 1. The second kappa shape index (κ2) is 8.81. The van der Waals surface area contributed by atoms with Gasteiger partial charge in [0.2, 0.25) is 0 Å². The molecular weight excluding hydrogens is 374 g/mol. The third-order valence-electron chi connectivity index (χ3n) is 4.36. The van der Waals surface area contributed by atoms with Crippen molar-refractivity contribution in [3.63, 3.8) is 0 Å². The van der Waals surface area contributed by atoms with Crippen LogP contribution in [0.25, 0.3) is 11.1 Å². The Kier molecular flexibility index (Phi) is 6.22. The van der Waals surface area contributed by atoms with Crippen LogP contribution < -0.4 is 14.8 Å². The predicted octanol–water partition coefficient (Wildman–Crippen LogP) is 5.65. The van der Waals surface area contributed by atoms with Gasteiger partial charge in [-0.05, 0) is 48.7 Å². The SMILES string of the molecule is COc1cc(Cl)c(C)cc1NC(=O)COc1ccc(-c2ccc(C)cc2)cc1. The molecule has 0 aromatic heterocycles. The van der Waals surface area contributed by atoms with E-state index in [1.165, 1.54) is 12.7 Å². The Hall–Kier alpha value is -2.98. The number of anilines is 1. The van der Waals surface area contributed by atoms with Crippen LogP contribution in [0.1, 0.15) is 11.1 Å². The average molecular weight is 396 g/mol. The molecule has 0 bridgehead atoms. The molecule has 0 fully saturated rings. The highest BCUT2D eigenvalue weighted by Gasteiger charge is 2.11. The van der Waals surface area contributed by atoms with E-state index in [0.717, 1.165) is 16.7 Å². The van der Waals surface area contributed by atoms with Crippen LogP contribution in [0.4, 0.5) is 5.69 Å². The minimum atomic E-state index is -0.275. The zero-order chi connectivity index (χ0) is 20.1. The molecule has 3 aromatic carbocycles. The third-order valence-corrected chi connectivity index (χ3v) is 4.77. The molecule has 0 spiro atoms. The van der Waals surface area contributed by atoms with E-state index >= 15 is 0 Å². The number of benzene rings is 3. The summed E-state index contributed by atoms with van der Waals surface area (Å²) in [5.74, 6) is 0.860. The lowest BCUT2D eigenvalue weighted by atomic mass is 10.0. The van der Waals surface area contributed by atoms with Crippen LogP contribution >= 0.6 is 11.6 Å². The minimum Gasteiger partial charge on any atom is -0.495 e. The molecule has 1 N–H and O–H groups in total. The molecule has 0 aliphatic carbocycles. The van der Waals surface area contributed by atoms with Gasteiger partial charge in [0.05, 0.1) is 12.8 Å². The van der Waals surface area contributed by atoms with Gasteiger partial charge in [0.15, 0.2) is 6.61 Å². The number of ether oxygens (including phenoxy) is 2. The van der Waals surface area contributed by atoms with Crippen LogP contribution in [-0.4, -0.2) is 19.6 Å². The number of carbonyl (C=O) groups is 1. The molecule has 3 aromatic rings. The summed E-state index contributed by atoms with van der Waals surface area (Å²) in [7, 11) is 1.53. The van der Waals surface area contributed by atoms with E-state index in [0.29, 0.717) is 22.2 Å². The normalized spacial score (nSPS) is 10.4.